The normalized spacial score (nSPS) is 13.9. The molecule has 0 saturated heterocycles. The van der Waals surface area contributed by atoms with Gasteiger partial charge in [0.2, 0.25) is 0 Å². The molecule has 0 aromatic heterocycles. The Hall–Kier alpha value is -0.970. The average Bonchev–Trinajstić information content (AvgIpc) is 2.48. The molecule has 20 heavy (non-hydrogen) atoms. The van der Waals surface area contributed by atoms with Crippen molar-refractivity contribution in [3.8, 4) is 0 Å². The predicted molar refractivity (Wildman–Crippen MR) is 88.3 cm³/mol. The number of halogens is 1. The number of hydrogen-bond donors (Lipinski definition) is 1. The van der Waals surface area contributed by atoms with Gasteiger partial charge in [0.15, 0.2) is 0 Å². The largest absolute Gasteiger partial charge is 0.309 e. The van der Waals surface area contributed by atoms with Crippen molar-refractivity contribution >= 4 is 26.7 Å². The van der Waals surface area contributed by atoms with E-state index >= 15 is 0 Å². The molecule has 2 unspecified atom stereocenters. The Morgan fingerprint density at radius 2 is 1.75 bits per heavy atom. The molecule has 0 saturated carbocycles. The number of benzene rings is 2. The lowest BCUT2D eigenvalue weighted by Crippen LogP contribution is -2.26. The Morgan fingerprint density at radius 1 is 1.10 bits per heavy atom. The van der Waals surface area contributed by atoms with Crippen LogP contribution in [-0.4, -0.2) is 16.5 Å². The van der Waals surface area contributed by atoms with Crippen LogP contribution in [0.2, 0.25) is 0 Å². The van der Waals surface area contributed by atoms with Gasteiger partial charge in [0.05, 0.1) is 15.7 Å². The lowest BCUT2D eigenvalue weighted by molar-refractivity contribution is 0.594. The molecule has 2 aromatic carbocycles. The number of nitrogens with one attached hydrogen (secondary N) is 1. The van der Waals surface area contributed by atoms with Crippen molar-refractivity contribution in [1.82, 2.24) is 5.32 Å². The molecule has 0 fully saturated rings. The van der Waals surface area contributed by atoms with Crippen molar-refractivity contribution in [3.05, 3.63) is 64.6 Å². The summed E-state index contributed by atoms with van der Waals surface area (Å²) < 4.78 is 13.5. The fraction of sp³-hybridized carbons (Fsp3) is 0.250. The van der Waals surface area contributed by atoms with E-state index < -0.39 is 10.8 Å². The standard InChI is InChI=1S/C16H18BrNOS/c1-2-18-15(13-8-4-3-5-9-13)12-20(19)16-11-7-6-10-14(16)17/h3-11,15,18H,2,12H2,1H3. The van der Waals surface area contributed by atoms with Crippen LogP contribution in [0.25, 0.3) is 0 Å². The SMILES string of the molecule is CCNC(CS(=O)c1ccccc1Br)c1ccccc1. The zero-order valence-electron chi connectivity index (χ0n) is 11.4. The summed E-state index contributed by atoms with van der Waals surface area (Å²) in [6.07, 6.45) is 0. The van der Waals surface area contributed by atoms with Gasteiger partial charge in [0.25, 0.3) is 0 Å². The summed E-state index contributed by atoms with van der Waals surface area (Å²) in [6, 6.07) is 18.0. The maximum Gasteiger partial charge on any atom is 0.0560 e. The molecule has 0 amide bonds. The van der Waals surface area contributed by atoms with Crippen LogP contribution in [0.15, 0.2) is 64.0 Å². The molecule has 0 aliphatic heterocycles. The zero-order chi connectivity index (χ0) is 14.4. The van der Waals surface area contributed by atoms with Crippen molar-refractivity contribution in [2.45, 2.75) is 17.9 Å². The van der Waals surface area contributed by atoms with E-state index in [-0.39, 0.29) is 6.04 Å². The first kappa shape index (κ1) is 15.4. The second-order valence-corrected chi connectivity index (χ2v) is 6.78. The zero-order valence-corrected chi connectivity index (χ0v) is 13.8. The van der Waals surface area contributed by atoms with Crippen molar-refractivity contribution in [2.75, 3.05) is 12.3 Å². The molecule has 2 rings (SSSR count). The van der Waals surface area contributed by atoms with Gasteiger partial charge in [-0.25, -0.2) is 0 Å². The van der Waals surface area contributed by atoms with Gasteiger partial charge in [0, 0.05) is 16.3 Å². The molecule has 2 nitrogen and oxygen atoms in total. The van der Waals surface area contributed by atoms with Crippen LogP contribution in [-0.2, 0) is 10.8 Å². The van der Waals surface area contributed by atoms with Crippen molar-refractivity contribution < 1.29 is 4.21 Å². The van der Waals surface area contributed by atoms with Crippen LogP contribution < -0.4 is 5.32 Å². The highest BCUT2D eigenvalue weighted by molar-refractivity contribution is 9.10. The third-order valence-corrected chi connectivity index (χ3v) is 5.49. The second-order valence-electron chi connectivity index (χ2n) is 4.46. The van der Waals surface area contributed by atoms with E-state index in [1.807, 2.05) is 42.5 Å². The molecule has 1 N–H and O–H groups in total. The lowest BCUT2D eigenvalue weighted by Gasteiger charge is -2.18. The van der Waals surface area contributed by atoms with Gasteiger partial charge in [-0.15, -0.1) is 0 Å². The summed E-state index contributed by atoms with van der Waals surface area (Å²) in [5, 5.41) is 3.41. The quantitative estimate of drug-likeness (QED) is 0.854. The lowest BCUT2D eigenvalue weighted by atomic mass is 10.1. The minimum Gasteiger partial charge on any atom is -0.309 e. The molecule has 0 spiro atoms. The number of rotatable bonds is 6. The molecule has 0 radical (unpaired) electrons. The van der Waals surface area contributed by atoms with Gasteiger partial charge in [-0.05, 0) is 40.2 Å². The molecular weight excluding hydrogens is 334 g/mol. The van der Waals surface area contributed by atoms with Gasteiger partial charge < -0.3 is 5.32 Å². The van der Waals surface area contributed by atoms with E-state index in [4.69, 9.17) is 0 Å². The third kappa shape index (κ3) is 4.01. The highest BCUT2D eigenvalue weighted by Gasteiger charge is 2.16. The Bertz CT molecular complexity index is 574. The van der Waals surface area contributed by atoms with Crippen molar-refractivity contribution in [1.29, 1.82) is 0 Å². The molecule has 2 atom stereocenters. The molecule has 106 valence electrons. The average molecular weight is 352 g/mol. The first-order chi connectivity index (χ1) is 9.72. The van der Waals surface area contributed by atoms with Crippen LogP contribution >= 0.6 is 15.9 Å². The van der Waals surface area contributed by atoms with Crippen LogP contribution in [0.1, 0.15) is 18.5 Å². The summed E-state index contributed by atoms with van der Waals surface area (Å²) in [5.74, 6) is 0.570. The maximum absolute atomic E-state index is 12.6. The topological polar surface area (TPSA) is 29.1 Å². The van der Waals surface area contributed by atoms with Crippen molar-refractivity contribution in [3.63, 3.8) is 0 Å². The minimum absolute atomic E-state index is 0.106. The van der Waals surface area contributed by atoms with Gasteiger partial charge in [-0.1, -0.05) is 49.4 Å². The first-order valence-corrected chi connectivity index (χ1v) is 8.74. The van der Waals surface area contributed by atoms with Gasteiger partial charge >= 0.3 is 0 Å². The van der Waals surface area contributed by atoms with E-state index in [0.717, 1.165) is 15.9 Å². The van der Waals surface area contributed by atoms with Crippen LogP contribution in [0.5, 0.6) is 0 Å². The molecule has 0 aliphatic rings. The molecule has 4 heteroatoms. The van der Waals surface area contributed by atoms with Crippen LogP contribution in [0, 0.1) is 0 Å². The molecular formula is C16H18BrNOS. The van der Waals surface area contributed by atoms with E-state index in [9.17, 15) is 4.21 Å². The first-order valence-electron chi connectivity index (χ1n) is 6.63. The maximum atomic E-state index is 12.6. The molecule has 0 aliphatic carbocycles. The molecule has 2 aromatic rings. The van der Waals surface area contributed by atoms with Gasteiger partial charge in [-0.2, -0.15) is 0 Å². The van der Waals surface area contributed by atoms with E-state index in [2.05, 4.69) is 40.3 Å². The summed E-state index contributed by atoms with van der Waals surface area (Å²) in [7, 11) is -1.04. The highest BCUT2D eigenvalue weighted by Crippen LogP contribution is 2.23. The second kappa shape index (κ2) is 7.72. The smallest absolute Gasteiger partial charge is 0.0560 e. The summed E-state index contributed by atoms with van der Waals surface area (Å²) in [6.45, 7) is 2.92. The fourth-order valence-corrected chi connectivity index (χ4v) is 4.21. The van der Waals surface area contributed by atoms with Gasteiger partial charge in [0.1, 0.15) is 0 Å². The van der Waals surface area contributed by atoms with Crippen LogP contribution in [0.4, 0.5) is 0 Å². The number of hydrogen-bond acceptors (Lipinski definition) is 2. The molecule has 0 bridgehead atoms. The van der Waals surface area contributed by atoms with Crippen LogP contribution in [0.3, 0.4) is 0 Å². The monoisotopic (exact) mass is 351 g/mol. The Balaban J connectivity index is 2.17. The highest BCUT2D eigenvalue weighted by atomic mass is 79.9. The fourth-order valence-electron chi connectivity index (χ4n) is 2.08. The van der Waals surface area contributed by atoms with Gasteiger partial charge in [-0.3, -0.25) is 4.21 Å². The minimum atomic E-state index is -1.04. The third-order valence-electron chi connectivity index (χ3n) is 3.05. The summed E-state index contributed by atoms with van der Waals surface area (Å²) in [4.78, 5) is 0.853. The predicted octanol–water partition coefficient (Wildman–Crippen LogP) is 3.91. The molecule has 0 heterocycles. The Labute approximate surface area is 131 Å². The van der Waals surface area contributed by atoms with E-state index in [1.165, 1.54) is 5.56 Å². The Kier molecular flexibility index (Phi) is 5.95. The Morgan fingerprint density at radius 3 is 2.40 bits per heavy atom. The van der Waals surface area contributed by atoms with E-state index in [0.29, 0.717) is 5.75 Å². The van der Waals surface area contributed by atoms with E-state index in [1.54, 1.807) is 0 Å². The summed E-state index contributed by atoms with van der Waals surface area (Å²) >= 11 is 3.47. The summed E-state index contributed by atoms with van der Waals surface area (Å²) in [5.41, 5.74) is 1.18. The van der Waals surface area contributed by atoms with Crippen molar-refractivity contribution in [2.24, 2.45) is 0 Å².